The third kappa shape index (κ3) is 2.89. The molecule has 1 rings (SSSR count). The highest BCUT2D eigenvalue weighted by Gasteiger charge is 2.19. The smallest absolute Gasteiger partial charge is 0.163 e. The number of ether oxygens (including phenoxy) is 1. The summed E-state index contributed by atoms with van der Waals surface area (Å²) in [6.45, 7) is 4.20. The van der Waals surface area contributed by atoms with Gasteiger partial charge in [-0.25, -0.2) is 0 Å². The molecule has 0 amide bonds. The third-order valence-electron chi connectivity index (χ3n) is 2.44. The van der Waals surface area contributed by atoms with Crippen LogP contribution in [-0.4, -0.2) is 12.2 Å². The van der Waals surface area contributed by atoms with Gasteiger partial charge in [-0.2, -0.15) is 0 Å². The van der Waals surface area contributed by atoms with Crippen LogP contribution in [0.2, 0.25) is 0 Å². The Morgan fingerprint density at radius 1 is 1.44 bits per heavy atom. The average Bonchev–Trinajstić information content (AvgIpc) is 2.16. The van der Waals surface area contributed by atoms with E-state index in [1.54, 1.807) is 6.07 Å². The van der Waals surface area contributed by atoms with E-state index in [0.717, 1.165) is 10.9 Å². The lowest BCUT2D eigenvalue weighted by Crippen LogP contribution is -2.14. The van der Waals surface area contributed by atoms with Gasteiger partial charge in [0, 0.05) is 16.1 Å². The lowest BCUT2D eigenvalue weighted by Gasteiger charge is -2.18. The Morgan fingerprint density at radius 2 is 2.06 bits per heavy atom. The Hall–Kier alpha value is -0.740. The van der Waals surface area contributed by atoms with Crippen LogP contribution in [0, 0.1) is 5.92 Å². The number of aromatic hydroxyl groups is 1. The number of phenolic OH excluding ortho intramolecular Hbond substituents is 1. The van der Waals surface area contributed by atoms with Crippen LogP contribution in [0.4, 0.5) is 0 Å². The quantitative estimate of drug-likeness (QED) is 0.894. The van der Waals surface area contributed by atoms with E-state index in [0.29, 0.717) is 17.2 Å². The first-order valence-electron chi connectivity index (χ1n) is 5.28. The number of hydrogen-bond donors (Lipinski definition) is 2. The summed E-state index contributed by atoms with van der Waals surface area (Å²) in [4.78, 5) is 0. The fraction of sp³-hybridized carbons (Fsp3) is 0.500. The summed E-state index contributed by atoms with van der Waals surface area (Å²) in [5.41, 5.74) is 6.79. The Kier molecular flexibility index (Phi) is 4.62. The van der Waals surface area contributed by atoms with Gasteiger partial charge in [0.2, 0.25) is 0 Å². The van der Waals surface area contributed by atoms with E-state index in [2.05, 4.69) is 29.8 Å². The molecule has 0 heterocycles. The Bertz CT molecular complexity index is 366. The van der Waals surface area contributed by atoms with Crippen molar-refractivity contribution >= 4 is 15.9 Å². The van der Waals surface area contributed by atoms with E-state index in [1.165, 1.54) is 7.11 Å². The van der Waals surface area contributed by atoms with E-state index < -0.39 is 0 Å². The van der Waals surface area contributed by atoms with Gasteiger partial charge in [0.1, 0.15) is 0 Å². The highest BCUT2D eigenvalue weighted by Crippen LogP contribution is 2.39. The highest BCUT2D eigenvalue weighted by molar-refractivity contribution is 9.10. The minimum Gasteiger partial charge on any atom is -0.504 e. The largest absolute Gasteiger partial charge is 0.504 e. The Balaban J connectivity index is 3.10. The van der Waals surface area contributed by atoms with Crippen molar-refractivity contribution in [2.45, 2.75) is 26.3 Å². The minimum absolute atomic E-state index is 0.130. The molecule has 0 unspecified atom stereocenters. The van der Waals surface area contributed by atoms with Crippen molar-refractivity contribution in [2.75, 3.05) is 7.11 Å². The molecule has 16 heavy (non-hydrogen) atoms. The van der Waals surface area contributed by atoms with E-state index in [4.69, 9.17) is 10.5 Å². The number of benzene rings is 1. The average molecular weight is 288 g/mol. The minimum atomic E-state index is -0.190. The van der Waals surface area contributed by atoms with Gasteiger partial charge in [0.15, 0.2) is 11.5 Å². The Labute approximate surface area is 105 Å². The zero-order chi connectivity index (χ0) is 12.3. The Morgan fingerprint density at radius 3 is 2.56 bits per heavy atom. The summed E-state index contributed by atoms with van der Waals surface area (Å²) in [5, 5.41) is 10.0. The molecule has 0 saturated heterocycles. The molecule has 0 aliphatic rings. The fourth-order valence-corrected chi connectivity index (χ4v) is 2.32. The maximum atomic E-state index is 10.0. The van der Waals surface area contributed by atoms with Crippen molar-refractivity contribution in [3.05, 3.63) is 22.2 Å². The molecular formula is C12H18BrNO2. The van der Waals surface area contributed by atoms with Crippen LogP contribution in [0.15, 0.2) is 16.6 Å². The number of phenols is 1. The van der Waals surface area contributed by atoms with Crippen molar-refractivity contribution in [2.24, 2.45) is 11.7 Å². The van der Waals surface area contributed by atoms with Crippen molar-refractivity contribution < 1.29 is 9.84 Å². The SMILES string of the molecule is COc1ccc(Br)c([C@H](N)CC(C)C)c1O. The molecule has 4 heteroatoms. The molecule has 90 valence electrons. The number of nitrogens with two attached hydrogens (primary N) is 1. The zero-order valence-electron chi connectivity index (χ0n) is 9.83. The highest BCUT2D eigenvalue weighted by atomic mass is 79.9. The summed E-state index contributed by atoms with van der Waals surface area (Å²) in [5.74, 6) is 1.06. The first kappa shape index (κ1) is 13.3. The molecule has 0 aromatic heterocycles. The summed E-state index contributed by atoms with van der Waals surface area (Å²) < 4.78 is 5.89. The molecule has 1 aromatic carbocycles. The molecule has 0 fully saturated rings. The van der Waals surface area contributed by atoms with Crippen LogP contribution in [0.5, 0.6) is 11.5 Å². The molecule has 0 bridgehead atoms. The lowest BCUT2D eigenvalue weighted by atomic mass is 9.97. The van der Waals surface area contributed by atoms with Gasteiger partial charge in [-0.1, -0.05) is 29.8 Å². The van der Waals surface area contributed by atoms with Crippen molar-refractivity contribution in [3.63, 3.8) is 0 Å². The molecule has 1 aromatic rings. The molecule has 0 aliphatic heterocycles. The third-order valence-corrected chi connectivity index (χ3v) is 3.13. The van der Waals surface area contributed by atoms with Crippen LogP contribution in [-0.2, 0) is 0 Å². The number of methoxy groups -OCH3 is 1. The van der Waals surface area contributed by atoms with Crippen LogP contribution in [0.25, 0.3) is 0 Å². The van der Waals surface area contributed by atoms with Crippen LogP contribution in [0.1, 0.15) is 31.9 Å². The second-order valence-electron chi connectivity index (χ2n) is 4.25. The number of hydrogen-bond acceptors (Lipinski definition) is 3. The number of halogens is 1. The molecule has 0 aliphatic carbocycles. The first-order chi connectivity index (χ1) is 7.47. The molecule has 0 radical (unpaired) electrons. The summed E-state index contributed by atoms with van der Waals surface area (Å²) in [6.07, 6.45) is 0.819. The second-order valence-corrected chi connectivity index (χ2v) is 5.10. The molecule has 0 spiro atoms. The van der Waals surface area contributed by atoms with E-state index in [1.807, 2.05) is 6.07 Å². The fourth-order valence-electron chi connectivity index (χ4n) is 1.71. The zero-order valence-corrected chi connectivity index (χ0v) is 11.4. The van der Waals surface area contributed by atoms with Gasteiger partial charge >= 0.3 is 0 Å². The number of rotatable bonds is 4. The monoisotopic (exact) mass is 287 g/mol. The van der Waals surface area contributed by atoms with Gasteiger partial charge in [-0.15, -0.1) is 0 Å². The topological polar surface area (TPSA) is 55.5 Å². The summed E-state index contributed by atoms with van der Waals surface area (Å²) in [6, 6.07) is 3.36. The predicted octanol–water partition coefficient (Wildman–Crippen LogP) is 3.21. The predicted molar refractivity (Wildman–Crippen MR) is 68.7 cm³/mol. The van der Waals surface area contributed by atoms with E-state index in [-0.39, 0.29) is 11.8 Å². The maximum absolute atomic E-state index is 10.0. The first-order valence-corrected chi connectivity index (χ1v) is 6.07. The lowest BCUT2D eigenvalue weighted by molar-refractivity contribution is 0.365. The summed E-state index contributed by atoms with van der Waals surface area (Å²) in [7, 11) is 1.53. The van der Waals surface area contributed by atoms with Gasteiger partial charge in [0.25, 0.3) is 0 Å². The molecule has 3 N–H and O–H groups in total. The molecule has 0 saturated carbocycles. The standard InChI is InChI=1S/C12H18BrNO2/c1-7(2)6-9(14)11-8(13)4-5-10(16-3)12(11)15/h4-5,7,9,15H,6,14H2,1-3H3/t9-/m1/s1. The van der Waals surface area contributed by atoms with Gasteiger partial charge in [-0.05, 0) is 24.5 Å². The van der Waals surface area contributed by atoms with E-state index >= 15 is 0 Å². The van der Waals surface area contributed by atoms with Gasteiger partial charge in [-0.3, -0.25) is 0 Å². The van der Waals surface area contributed by atoms with Crippen LogP contribution in [0.3, 0.4) is 0 Å². The van der Waals surface area contributed by atoms with Gasteiger partial charge in [0.05, 0.1) is 7.11 Å². The van der Waals surface area contributed by atoms with Gasteiger partial charge < -0.3 is 15.6 Å². The second kappa shape index (κ2) is 5.55. The summed E-state index contributed by atoms with van der Waals surface area (Å²) >= 11 is 3.41. The molecule has 3 nitrogen and oxygen atoms in total. The molecule has 1 atom stereocenters. The van der Waals surface area contributed by atoms with E-state index in [9.17, 15) is 5.11 Å². The normalized spacial score (nSPS) is 12.9. The maximum Gasteiger partial charge on any atom is 0.163 e. The van der Waals surface area contributed by atoms with Crippen molar-refractivity contribution in [3.8, 4) is 11.5 Å². The van der Waals surface area contributed by atoms with Crippen LogP contribution < -0.4 is 10.5 Å². The van der Waals surface area contributed by atoms with Crippen molar-refractivity contribution in [1.82, 2.24) is 0 Å². The van der Waals surface area contributed by atoms with Crippen molar-refractivity contribution in [1.29, 1.82) is 0 Å². The molecular weight excluding hydrogens is 270 g/mol. The van der Waals surface area contributed by atoms with Crippen LogP contribution >= 0.6 is 15.9 Å².